The molecule has 1 heterocycles. The van der Waals surface area contributed by atoms with Crippen LogP contribution in [0.1, 0.15) is 73.4 Å². The van der Waals surface area contributed by atoms with E-state index in [4.69, 9.17) is 0 Å². The molecule has 0 radical (unpaired) electrons. The minimum atomic E-state index is 0.0572. The van der Waals surface area contributed by atoms with Gasteiger partial charge in [0.25, 0.3) is 5.91 Å². The van der Waals surface area contributed by atoms with Crippen LogP contribution >= 0.6 is 0 Å². The predicted octanol–water partition coefficient (Wildman–Crippen LogP) is 3.80. The number of carbonyl (C=O) groups is 1. The predicted molar refractivity (Wildman–Crippen MR) is 77.5 cm³/mol. The summed E-state index contributed by atoms with van der Waals surface area (Å²) in [6, 6.07) is 6.46. The van der Waals surface area contributed by atoms with Gasteiger partial charge in [0.1, 0.15) is 0 Å². The SMILES string of the molecule is CC(C)c1ccc2c(c1)C(=O)NC1(CCCCC1)C2. The fourth-order valence-electron chi connectivity index (χ4n) is 3.57. The number of rotatable bonds is 1. The molecule has 1 aliphatic heterocycles. The van der Waals surface area contributed by atoms with Crippen molar-refractivity contribution >= 4 is 5.91 Å². The highest BCUT2D eigenvalue weighted by molar-refractivity contribution is 5.97. The summed E-state index contributed by atoms with van der Waals surface area (Å²) in [5.74, 6) is 0.620. The van der Waals surface area contributed by atoms with Crippen molar-refractivity contribution in [3.05, 3.63) is 34.9 Å². The first kappa shape index (κ1) is 12.7. The van der Waals surface area contributed by atoms with Gasteiger partial charge >= 0.3 is 0 Å². The molecule has 0 atom stereocenters. The maximum absolute atomic E-state index is 12.4. The van der Waals surface area contributed by atoms with Crippen molar-refractivity contribution in [1.82, 2.24) is 5.32 Å². The Balaban J connectivity index is 1.94. The summed E-state index contributed by atoms with van der Waals surface area (Å²) in [5, 5.41) is 3.32. The fraction of sp³-hybridized carbons (Fsp3) is 0.588. The lowest BCUT2D eigenvalue weighted by molar-refractivity contribution is 0.0844. The zero-order chi connectivity index (χ0) is 13.5. The highest BCUT2D eigenvalue weighted by Gasteiger charge is 2.38. The number of amides is 1. The van der Waals surface area contributed by atoms with Gasteiger partial charge in [0.05, 0.1) is 0 Å². The van der Waals surface area contributed by atoms with E-state index in [0.717, 1.165) is 24.8 Å². The van der Waals surface area contributed by atoms with Gasteiger partial charge in [-0.15, -0.1) is 0 Å². The molecule has 0 saturated heterocycles. The molecule has 2 heteroatoms. The number of nitrogens with one attached hydrogen (secondary N) is 1. The molecular weight excluding hydrogens is 234 g/mol. The third kappa shape index (κ3) is 2.29. The zero-order valence-electron chi connectivity index (χ0n) is 12.0. The number of hydrogen-bond acceptors (Lipinski definition) is 1. The van der Waals surface area contributed by atoms with E-state index in [-0.39, 0.29) is 11.4 Å². The second kappa shape index (κ2) is 4.66. The third-order valence-corrected chi connectivity index (χ3v) is 4.76. The Bertz CT molecular complexity index is 498. The largest absolute Gasteiger partial charge is 0.346 e. The first-order valence-electron chi connectivity index (χ1n) is 7.55. The van der Waals surface area contributed by atoms with E-state index in [2.05, 4.69) is 37.4 Å². The number of carbonyl (C=O) groups excluding carboxylic acids is 1. The first-order valence-corrected chi connectivity index (χ1v) is 7.55. The van der Waals surface area contributed by atoms with Gasteiger partial charge in [0.2, 0.25) is 0 Å². The molecule has 19 heavy (non-hydrogen) atoms. The lowest BCUT2D eigenvalue weighted by Crippen LogP contribution is -2.54. The van der Waals surface area contributed by atoms with Crippen molar-refractivity contribution in [1.29, 1.82) is 0 Å². The van der Waals surface area contributed by atoms with Gasteiger partial charge < -0.3 is 5.32 Å². The van der Waals surface area contributed by atoms with Gasteiger partial charge in [-0.2, -0.15) is 0 Å². The summed E-state index contributed by atoms with van der Waals surface area (Å²) in [6.45, 7) is 4.34. The van der Waals surface area contributed by atoms with Crippen molar-refractivity contribution in [3.63, 3.8) is 0 Å². The van der Waals surface area contributed by atoms with Crippen molar-refractivity contribution in [2.24, 2.45) is 0 Å². The Labute approximate surface area is 115 Å². The molecule has 1 amide bonds. The molecule has 1 aromatic carbocycles. The van der Waals surface area contributed by atoms with Gasteiger partial charge in [0.15, 0.2) is 0 Å². The topological polar surface area (TPSA) is 29.1 Å². The standard InChI is InChI=1S/C17H23NO/c1-12(2)13-6-7-14-11-17(8-4-3-5-9-17)18-16(19)15(14)10-13/h6-7,10,12H,3-5,8-9,11H2,1-2H3,(H,18,19). The molecule has 1 aliphatic carbocycles. The van der Waals surface area contributed by atoms with E-state index in [1.54, 1.807) is 0 Å². The summed E-state index contributed by atoms with van der Waals surface area (Å²) < 4.78 is 0. The van der Waals surface area contributed by atoms with Crippen LogP contribution in [0.5, 0.6) is 0 Å². The summed E-state index contributed by atoms with van der Waals surface area (Å²) in [4.78, 5) is 12.4. The van der Waals surface area contributed by atoms with Crippen LogP contribution in [0.25, 0.3) is 0 Å². The fourth-order valence-corrected chi connectivity index (χ4v) is 3.57. The van der Waals surface area contributed by atoms with E-state index in [1.165, 1.54) is 30.4 Å². The summed E-state index contributed by atoms with van der Waals surface area (Å²) >= 11 is 0. The second-order valence-corrected chi connectivity index (χ2v) is 6.54. The average Bonchev–Trinajstić information content (AvgIpc) is 2.39. The van der Waals surface area contributed by atoms with Crippen LogP contribution in [0.3, 0.4) is 0 Å². The van der Waals surface area contributed by atoms with Crippen molar-refractivity contribution in [3.8, 4) is 0 Å². The zero-order valence-corrected chi connectivity index (χ0v) is 12.0. The highest BCUT2D eigenvalue weighted by atomic mass is 16.1. The van der Waals surface area contributed by atoms with Crippen LogP contribution < -0.4 is 5.32 Å². The minimum absolute atomic E-state index is 0.0572. The molecule has 0 aromatic heterocycles. The van der Waals surface area contributed by atoms with Crippen LogP contribution in [0.15, 0.2) is 18.2 Å². The van der Waals surface area contributed by atoms with E-state index in [0.29, 0.717) is 5.92 Å². The van der Waals surface area contributed by atoms with Gasteiger partial charge in [-0.05, 0) is 42.4 Å². The minimum Gasteiger partial charge on any atom is -0.346 e. The van der Waals surface area contributed by atoms with Gasteiger partial charge in [-0.1, -0.05) is 45.2 Å². The number of benzene rings is 1. The van der Waals surface area contributed by atoms with Gasteiger partial charge in [-0.3, -0.25) is 4.79 Å². The quantitative estimate of drug-likeness (QED) is 0.814. The molecule has 2 aliphatic rings. The lowest BCUT2D eigenvalue weighted by Gasteiger charge is -2.42. The highest BCUT2D eigenvalue weighted by Crippen LogP contribution is 2.36. The molecule has 2 nitrogen and oxygen atoms in total. The van der Waals surface area contributed by atoms with Gasteiger partial charge in [0, 0.05) is 11.1 Å². The molecular formula is C17H23NO. The summed E-state index contributed by atoms with van der Waals surface area (Å²) in [5.41, 5.74) is 3.47. The molecule has 1 saturated carbocycles. The number of fused-ring (bicyclic) bond motifs is 1. The molecule has 3 rings (SSSR count). The van der Waals surface area contributed by atoms with Crippen LogP contribution in [0.4, 0.5) is 0 Å². The Morgan fingerprint density at radius 1 is 1.16 bits per heavy atom. The molecule has 0 bridgehead atoms. The van der Waals surface area contributed by atoms with Crippen molar-refractivity contribution in [2.75, 3.05) is 0 Å². The molecule has 0 unspecified atom stereocenters. The first-order chi connectivity index (χ1) is 9.10. The molecule has 102 valence electrons. The Hall–Kier alpha value is -1.31. The van der Waals surface area contributed by atoms with E-state index >= 15 is 0 Å². The number of hydrogen-bond donors (Lipinski definition) is 1. The Morgan fingerprint density at radius 3 is 2.58 bits per heavy atom. The maximum Gasteiger partial charge on any atom is 0.252 e. The smallest absolute Gasteiger partial charge is 0.252 e. The van der Waals surface area contributed by atoms with Crippen LogP contribution in [0.2, 0.25) is 0 Å². The molecule has 1 N–H and O–H groups in total. The normalized spacial score (nSPS) is 21.3. The van der Waals surface area contributed by atoms with Crippen molar-refractivity contribution < 1.29 is 4.79 Å². The summed E-state index contributed by atoms with van der Waals surface area (Å²) in [6.07, 6.45) is 7.12. The Morgan fingerprint density at radius 2 is 1.89 bits per heavy atom. The second-order valence-electron chi connectivity index (χ2n) is 6.54. The van der Waals surface area contributed by atoms with Crippen molar-refractivity contribution in [2.45, 2.75) is 63.8 Å². The summed E-state index contributed by atoms with van der Waals surface area (Å²) in [7, 11) is 0. The third-order valence-electron chi connectivity index (χ3n) is 4.76. The average molecular weight is 257 g/mol. The van der Waals surface area contributed by atoms with E-state index < -0.39 is 0 Å². The molecule has 1 fully saturated rings. The molecule has 1 aromatic rings. The Kier molecular flexibility index (Phi) is 3.12. The van der Waals surface area contributed by atoms with Crippen LogP contribution in [0, 0.1) is 0 Å². The molecule has 1 spiro atoms. The van der Waals surface area contributed by atoms with E-state index in [9.17, 15) is 4.79 Å². The van der Waals surface area contributed by atoms with Crippen LogP contribution in [-0.4, -0.2) is 11.4 Å². The van der Waals surface area contributed by atoms with E-state index in [1.807, 2.05) is 0 Å². The monoisotopic (exact) mass is 257 g/mol. The van der Waals surface area contributed by atoms with Gasteiger partial charge in [-0.25, -0.2) is 0 Å². The lowest BCUT2D eigenvalue weighted by atomic mass is 9.74. The van der Waals surface area contributed by atoms with Crippen LogP contribution in [-0.2, 0) is 6.42 Å². The maximum atomic E-state index is 12.4.